The van der Waals surface area contributed by atoms with Crippen LogP contribution in [0.1, 0.15) is 51.0 Å². The van der Waals surface area contributed by atoms with Crippen LogP contribution in [0.25, 0.3) is 16.9 Å². The largest absolute Gasteiger partial charge is 0.461 e. The molecule has 192 valence electrons. The Balaban J connectivity index is 1.53. The lowest BCUT2D eigenvalue weighted by molar-refractivity contribution is 0.0187. The number of likely N-dealkylation sites (tertiary alicyclic amines) is 1. The molecule has 0 radical (unpaired) electrons. The van der Waals surface area contributed by atoms with Crippen LogP contribution in [0.15, 0.2) is 30.9 Å². The van der Waals surface area contributed by atoms with E-state index in [9.17, 15) is 14.0 Å². The number of fused-ring (bicyclic) bond motifs is 1. The number of esters is 1. The Kier molecular flexibility index (Phi) is 7.37. The third kappa shape index (κ3) is 5.89. The molecule has 0 unspecified atom stereocenters. The van der Waals surface area contributed by atoms with Crippen molar-refractivity contribution in [1.82, 2.24) is 24.3 Å². The lowest BCUT2D eigenvalue weighted by Gasteiger charge is -2.33. The second-order valence-electron chi connectivity index (χ2n) is 9.70. The van der Waals surface area contributed by atoms with E-state index < -0.39 is 17.4 Å². The fraction of sp³-hybridized carbons (Fsp3) is 0.480. The summed E-state index contributed by atoms with van der Waals surface area (Å²) in [5.41, 5.74) is 0.699. The molecule has 0 bridgehead atoms. The zero-order valence-corrected chi connectivity index (χ0v) is 21.0. The number of imidazole rings is 1. The van der Waals surface area contributed by atoms with Gasteiger partial charge in [0.05, 0.1) is 18.5 Å². The van der Waals surface area contributed by atoms with Crippen LogP contribution < -0.4 is 5.32 Å². The lowest BCUT2D eigenvalue weighted by Crippen LogP contribution is -2.42. The van der Waals surface area contributed by atoms with Gasteiger partial charge in [-0.25, -0.2) is 23.9 Å². The Bertz CT molecular complexity index is 1250. The van der Waals surface area contributed by atoms with Gasteiger partial charge in [0.2, 0.25) is 0 Å². The van der Waals surface area contributed by atoms with Gasteiger partial charge in [-0.15, -0.1) is 0 Å². The molecule has 0 aromatic carbocycles. The van der Waals surface area contributed by atoms with E-state index in [1.165, 1.54) is 6.20 Å². The zero-order chi connectivity index (χ0) is 25.9. The van der Waals surface area contributed by atoms with Crippen molar-refractivity contribution in [3.8, 4) is 11.3 Å². The van der Waals surface area contributed by atoms with Gasteiger partial charge >= 0.3 is 12.1 Å². The maximum atomic E-state index is 14.5. The van der Waals surface area contributed by atoms with Crippen molar-refractivity contribution in [1.29, 1.82) is 0 Å². The van der Waals surface area contributed by atoms with E-state index in [1.807, 2.05) is 20.8 Å². The summed E-state index contributed by atoms with van der Waals surface area (Å²) in [7, 11) is 0. The maximum Gasteiger partial charge on any atom is 0.410 e. The topological polar surface area (TPSA) is 111 Å². The summed E-state index contributed by atoms with van der Waals surface area (Å²) in [6.07, 6.45) is 7.08. The zero-order valence-electron chi connectivity index (χ0n) is 21.0. The van der Waals surface area contributed by atoms with Crippen LogP contribution in [-0.2, 0) is 9.47 Å². The Morgan fingerprint density at radius 2 is 1.94 bits per heavy atom. The number of piperidine rings is 1. The van der Waals surface area contributed by atoms with E-state index in [2.05, 4.69) is 20.3 Å². The third-order valence-corrected chi connectivity index (χ3v) is 5.80. The van der Waals surface area contributed by atoms with Crippen LogP contribution in [-0.4, -0.2) is 68.2 Å². The summed E-state index contributed by atoms with van der Waals surface area (Å²) in [6.45, 7) is 9.28. The Morgan fingerprint density at radius 3 is 2.61 bits per heavy atom. The van der Waals surface area contributed by atoms with Crippen LogP contribution in [0.3, 0.4) is 0 Å². The Hall–Kier alpha value is -3.76. The molecule has 3 aromatic rings. The standard InChI is InChI=1S/C25H31FN6O4/c1-5-35-23(33)20-15-32-14-19(17-6-9-27-13-18(17)26)29-21(22(32)30-20)28-12-16-7-10-31(11-8-16)24(34)36-25(2,3)4/h6,9,13-16H,5,7-8,10-12H2,1-4H3,(H,28,29). The Morgan fingerprint density at radius 1 is 1.19 bits per heavy atom. The van der Waals surface area contributed by atoms with Gasteiger partial charge in [0.25, 0.3) is 0 Å². The minimum absolute atomic E-state index is 0.139. The highest BCUT2D eigenvalue weighted by molar-refractivity contribution is 5.89. The third-order valence-electron chi connectivity index (χ3n) is 5.80. The van der Waals surface area contributed by atoms with Gasteiger partial charge in [-0.3, -0.25) is 4.98 Å². The second kappa shape index (κ2) is 10.5. The lowest BCUT2D eigenvalue weighted by atomic mass is 9.97. The molecule has 1 amide bonds. The summed E-state index contributed by atoms with van der Waals surface area (Å²) in [5, 5.41) is 3.33. The molecular weight excluding hydrogens is 467 g/mol. The maximum absolute atomic E-state index is 14.5. The van der Waals surface area contributed by atoms with Gasteiger partial charge < -0.3 is 24.1 Å². The number of aromatic nitrogens is 4. The van der Waals surface area contributed by atoms with Crippen molar-refractivity contribution in [3.63, 3.8) is 0 Å². The number of ether oxygens (including phenoxy) is 2. The Labute approximate surface area is 208 Å². The molecule has 1 fully saturated rings. The molecule has 3 aromatic heterocycles. The van der Waals surface area contributed by atoms with Gasteiger partial charge in [0.15, 0.2) is 23.0 Å². The molecule has 11 heteroatoms. The molecular formula is C25H31FN6O4. The van der Waals surface area contributed by atoms with Gasteiger partial charge in [-0.1, -0.05) is 0 Å². The molecule has 4 heterocycles. The number of halogens is 1. The first-order valence-corrected chi connectivity index (χ1v) is 12.0. The molecule has 0 saturated carbocycles. The molecule has 0 atom stereocenters. The highest BCUT2D eigenvalue weighted by Gasteiger charge is 2.27. The average Bonchev–Trinajstić information content (AvgIpc) is 3.27. The van der Waals surface area contributed by atoms with Gasteiger partial charge in [-0.2, -0.15) is 0 Å². The number of carbonyl (C=O) groups excluding carboxylic acids is 2. The SMILES string of the molecule is CCOC(=O)c1cn2cc(-c3ccncc3F)nc(NCC3CCN(C(=O)OC(C)(C)C)CC3)c2n1. The minimum Gasteiger partial charge on any atom is -0.461 e. The summed E-state index contributed by atoms with van der Waals surface area (Å²) in [6, 6.07) is 1.54. The number of anilines is 1. The molecule has 0 aliphatic carbocycles. The van der Waals surface area contributed by atoms with E-state index in [-0.39, 0.29) is 29.9 Å². The number of nitrogens with zero attached hydrogens (tertiary/aromatic N) is 5. The van der Waals surface area contributed by atoms with E-state index in [0.717, 1.165) is 19.0 Å². The van der Waals surface area contributed by atoms with Gasteiger partial charge in [0, 0.05) is 43.8 Å². The first-order chi connectivity index (χ1) is 17.1. The van der Waals surface area contributed by atoms with E-state index in [4.69, 9.17) is 9.47 Å². The molecule has 1 aliphatic heterocycles. The van der Waals surface area contributed by atoms with Crippen LogP contribution in [0.2, 0.25) is 0 Å². The number of carbonyl (C=O) groups is 2. The average molecular weight is 499 g/mol. The number of hydrogen-bond acceptors (Lipinski definition) is 8. The normalized spacial score (nSPS) is 14.6. The quantitative estimate of drug-likeness (QED) is 0.504. The fourth-order valence-electron chi connectivity index (χ4n) is 4.02. The molecule has 1 aliphatic rings. The van der Waals surface area contributed by atoms with Crippen molar-refractivity contribution in [2.45, 2.75) is 46.1 Å². The fourth-order valence-corrected chi connectivity index (χ4v) is 4.02. The van der Waals surface area contributed by atoms with Gasteiger partial charge in [-0.05, 0) is 52.5 Å². The van der Waals surface area contributed by atoms with Crippen molar-refractivity contribution in [3.05, 3.63) is 42.4 Å². The van der Waals surface area contributed by atoms with E-state index in [0.29, 0.717) is 36.8 Å². The number of amides is 1. The minimum atomic E-state index is -0.543. The van der Waals surface area contributed by atoms with Crippen LogP contribution in [0, 0.1) is 11.7 Å². The van der Waals surface area contributed by atoms with Crippen molar-refractivity contribution >= 4 is 23.5 Å². The summed E-state index contributed by atoms with van der Waals surface area (Å²) in [5.74, 6) is -0.339. The molecule has 0 spiro atoms. The number of pyridine rings is 1. The predicted molar refractivity (Wildman–Crippen MR) is 131 cm³/mol. The van der Waals surface area contributed by atoms with Crippen molar-refractivity contribution in [2.75, 3.05) is 31.6 Å². The first-order valence-electron chi connectivity index (χ1n) is 12.0. The summed E-state index contributed by atoms with van der Waals surface area (Å²) < 4.78 is 26.6. The first kappa shape index (κ1) is 25.3. The molecule has 10 nitrogen and oxygen atoms in total. The molecule has 1 saturated heterocycles. The molecule has 1 N–H and O–H groups in total. The van der Waals surface area contributed by atoms with E-state index in [1.54, 1.807) is 34.7 Å². The second-order valence-corrected chi connectivity index (χ2v) is 9.70. The number of hydrogen-bond donors (Lipinski definition) is 1. The monoisotopic (exact) mass is 498 g/mol. The number of rotatable bonds is 6. The predicted octanol–water partition coefficient (Wildman–Crippen LogP) is 4.17. The van der Waals surface area contributed by atoms with Crippen LogP contribution in [0.5, 0.6) is 0 Å². The summed E-state index contributed by atoms with van der Waals surface area (Å²) >= 11 is 0. The molecule has 4 rings (SSSR count). The smallest absolute Gasteiger partial charge is 0.410 e. The summed E-state index contributed by atoms with van der Waals surface area (Å²) in [4.78, 5) is 39.2. The van der Waals surface area contributed by atoms with Crippen LogP contribution in [0.4, 0.5) is 15.0 Å². The van der Waals surface area contributed by atoms with Crippen molar-refractivity contribution in [2.24, 2.45) is 5.92 Å². The highest BCUT2D eigenvalue weighted by atomic mass is 19.1. The van der Waals surface area contributed by atoms with E-state index >= 15 is 0 Å². The van der Waals surface area contributed by atoms with Crippen LogP contribution >= 0.6 is 0 Å². The number of nitrogens with one attached hydrogen (secondary N) is 1. The highest BCUT2D eigenvalue weighted by Crippen LogP contribution is 2.26. The van der Waals surface area contributed by atoms with Crippen molar-refractivity contribution < 1.29 is 23.5 Å². The molecule has 36 heavy (non-hydrogen) atoms. The van der Waals surface area contributed by atoms with Gasteiger partial charge in [0.1, 0.15) is 5.60 Å².